The first-order chi connectivity index (χ1) is 11.6. The van der Waals surface area contributed by atoms with Gasteiger partial charge in [-0.2, -0.15) is 0 Å². The number of nitrogens with zero attached hydrogens (tertiary/aromatic N) is 2. The first kappa shape index (κ1) is 16.1. The number of aromatic amines is 1. The van der Waals surface area contributed by atoms with Crippen LogP contribution in [0.4, 0.5) is 5.69 Å². The summed E-state index contributed by atoms with van der Waals surface area (Å²) in [5, 5.41) is 0. The largest absolute Gasteiger partial charge is 0.485 e. The molecule has 3 rings (SSSR count). The van der Waals surface area contributed by atoms with Gasteiger partial charge in [0.1, 0.15) is 11.9 Å². The summed E-state index contributed by atoms with van der Waals surface area (Å²) in [6, 6.07) is 10.8. The number of para-hydroxylation sites is 2. The van der Waals surface area contributed by atoms with Crippen LogP contribution in [0.5, 0.6) is 5.75 Å². The van der Waals surface area contributed by atoms with Gasteiger partial charge < -0.3 is 19.5 Å². The van der Waals surface area contributed by atoms with Crippen molar-refractivity contribution in [3.8, 4) is 5.75 Å². The zero-order valence-electron chi connectivity index (χ0n) is 13.9. The van der Waals surface area contributed by atoms with E-state index in [0.29, 0.717) is 12.1 Å². The zero-order valence-corrected chi connectivity index (χ0v) is 13.9. The SMILES string of the molecule is CCN1CC(CN(C)C(=O)c2ccc(=O)[nH]c2)Oc2ccccc21. The number of nitrogens with one attached hydrogen (secondary N) is 1. The van der Waals surface area contributed by atoms with Crippen molar-refractivity contribution >= 4 is 11.6 Å². The summed E-state index contributed by atoms with van der Waals surface area (Å²) in [4.78, 5) is 30.0. The Balaban J connectivity index is 1.71. The van der Waals surface area contributed by atoms with Crippen molar-refractivity contribution in [2.45, 2.75) is 13.0 Å². The number of fused-ring (bicyclic) bond motifs is 1. The second kappa shape index (κ2) is 6.78. The highest BCUT2D eigenvalue weighted by molar-refractivity contribution is 5.93. The molecule has 2 aromatic rings. The van der Waals surface area contributed by atoms with E-state index < -0.39 is 0 Å². The summed E-state index contributed by atoms with van der Waals surface area (Å²) in [6.45, 7) is 4.20. The van der Waals surface area contributed by atoms with Gasteiger partial charge in [-0.15, -0.1) is 0 Å². The van der Waals surface area contributed by atoms with Gasteiger partial charge in [-0.25, -0.2) is 0 Å². The Morgan fingerprint density at radius 2 is 2.12 bits per heavy atom. The van der Waals surface area contributed by atoms with Crippen LogP contribution in [0.1, 0.15) is 17.3 Å². The maximum absolute atomic E-state index is 12.5. The second-order valence-electron chi connectivity index (χ2n) is 5.87. The molecule has 1 N–H and O–H groups in total. The molecule has 0 fully saturated rings. The van der Waals surface area contributed by atoms with Crippen LogP contribution in [0.3, 0.4) is 0 Å². The topological polar surface area (TPSA) is 65.6 Å². The predicted molar refractivity (Wildman–Crippen MR) is 92.8 cm³/mol. The van der Waals surface area contributed by atoms with Crippen LogP contribution in [-0.4, -0.2) is 48.6 Å². The maximum atomic E-state index is 12.5. The standard InChI is InChI=1S/C18H21N3O3/c1-3-21-12-14(24-16-7-5-4-6-15(16)21)11-20(2)18(23)13-8-9-17(22)19-10-13/h4-10,14H,3,11-12H2,1-2H3,(H,19,22). The highest BCUT2D eigenvalue weighted by Crippen LogP contribution is 2.32. The van der Waals surface area contributed by atoms with E-state index in [1.807, 2.05) is 24.3 Å². The lowest BCUT2D eigenvalue weighted by Gasteiger charge is -2.37. The molecule has 6 heteroatoms. The number of pyridine rings is 1. The molecule has 0 bridgehead atoms. The predicted octanol–water partition coefficient (Wildman–Crippen LogP) is 1.73. The van der Waals surface area contributed by atoms with Crippen molar-refractivity contribution in [2.75, 3.05) is 31.6 Å². The number of benzene rings is 1. The molecule has 0 spiro atoms. The highest BCUT2D eigenvalue weighted by atomic mass is 16.5. The Morgan fingerprint density at radius 3 is 2.83 bits per heavy atom. The minimum atomic E-state index is -0.222. The number of amides is 1. The molecule has 24 heavy (non-hydrogen) atoms. The van der Waals surface area contributed by atoms with E-state index in [-0.39, 0.29) is 17.6 Å². The Hall–Kier alpha value is -2.76. The zero-order chi connectivity index (χ0) is 17.1. The van der Waals surface area contributed by atoms with Crippen molar-refractivity contribution in [1.29, 1.82) is 0 Å². The number of aromatic nitrogens is 1. The number of H-pyrrole nitrogens is 1. The Kier molecular flexibility index (Phi) is 4.55. The monoisotopic (exact) mass is 327 g/mol. The first-order valence-corrected chi connectivity index (χ1v) is 8.03. The maximum Gasteiger partial charge on any atom is 0.255 e. The fourth-order valence-electron chi connectivity index (χ4n) is 2.93. The summed E-state index contributed by atoms with van der Waals surface area (Å²) in [7, 11) is 1.74. The summed E-state index contributed by atoms with van der Waals surface area (Å²) in [5.74, 6) is 0.706. The van der Waals surface area contributed by atoms with Crippen LogP contribution in [-0.2, 0) is 0 Å². The fraction of sp³-hybridized carbons (Fsp3) is 0.333. The smallest absolute Gasteiger partial charge is 0.255 e. The normalized spacial score (nSPS) is 16.2. The van der Waals surface area contributed by atoms with E-state index in [1.54, 1.807) is 11.9 Å². The van der Waals surface area contributed by atoms with E-state index >= 15 is 0 Å². The number of rotatable bonds is 4. The molecule has 1 aromatic heterocycles. The third-order valence-corrected chi connectivity index (χ3v) is 4.16. The fourth-order valence-corrected chi connectivity index (χ4v) is 2.93. The molecule has 6 nitrogen and oxygen atoms in total. The van der Waals surface area contributed by atoms with Gasteiger partial charge in [0.2, 0.25) is 5.56 Å². The number of hydrogen-bond donors (Lipinski definition) is 1. The van der Waals surface area contributed by atoms with Crippen molar-refractivity contribution in [1.82, 2.24) is 9.88 Å². The molecule has 1 atom stereocenters. The molecule has 1 unspecified atom stereocenters. The molecule has 0 radical (unpaired) electrons. The molecule has 126 valence electrons. The van der Waals surface area contributed by atoms with Gasteiger partial charge in [-0.3, -0.25) is 9.59 Å². The molecule has 1 amide bonds. The number of carbonyl (C=O) groups is 1. The van der Waals surface area contributed by atoms with Crippen molar-refractivity contribution < 1.29 is 9.53 Å². The quantitative estimate of drug-likeness (QED) is 0.929. The van der Waals surface area contributed by atoms with Crippen molar-refractivity contribution in [3.05, 3.63) is 58.5 Å². The Labute approximate surface area is 140 Å². The van der Waals surface area contributed by atoms with Crippen molar-refractivity contribution in [3.63, 3.8) is 0 Å². The van der Waals surface area contributed by atoms with Crippen LogP contribution in [0, 0.1) is 0 Å². The van der Waals surface area contributed by atoms with Gasteiger partial charge in [0.05, 0.1) is 24.3 Å². The summed E-state index contributed by atoms with van der Waals surface area (Å²) < 4.78 is 6.05. The van der Waals surface area contributed by atoms with Crippen molar-refractivity contribution in [2.24, 2.45) is 0 Å². The minimum absolute atomic E-state index is 0.100. The van der Waals surface area contributed by atoms with E-state index in [9.17, 15) is 9.59 Å². The van der Waals surface area contributed by atoms with Gasteiger partial charge in [-0.1, -0.05) is 12.1 Å². The molecule has 1 aliphatic heterocycles. The summed E-state index contributed by atoms with van der Waals surface area (Å²) in [5.41, 5.74) is 1.33. The van der Waals surface area contributed by atoms with Gasteiger partial charge in [0.15, 0.2) is 0 Å². The average molecular weight is 327 g/mol. The lowest BCUT2D eigenvalue weighted by atomic mass is 10.1. The summed E-state index contributed by atoms with van der Waals surface area (Å²) >= 11 is 0. The van der Waals surface area contributed by atoms with Crippen LogP contribution >= 0.6 is 0 Å². The van der Waals surface area contributed by atoms with Crippen LogP contribution in [0.25, 0.3) is 0 Å². The van der Waals surface area contributed by atoms with Gasteiger partial charge in [0, 0.05) is 25.9 Å². The molecule has 0 aliphatic carbocycles. The van der Waals surface area contributed by atoms with E-state index in [0.717, 1.165) is 24.5 Å². The number of carbonyl (C=O) groups excluding carboxylic acids is 1. The van der Waals surface area contributed by atoms with Gasteiger partial charge >= 0.3 is 0 Å². The van der Waals surface area contributed by atoms with Crippen LogP contribution < -0.4 is 15.2 Å². The van der Waals surface area contributed by atoms with Gasteiger partial charge in [0.25, 0.3) is 5.91 Å². The van der Waals surface area contributed by atoms with E-state index in [4.69, 9.17) is 4.74 Å². The molecular formula is C18H21N3O3. The Bertz CT molecular complexity index is 767. The number of anilines is 1. The summed E-state index contributed by atoms with van der Waals surface area (Å²) in [6.07, 6.45) is 1.34. The number of hydrogen-bond acceptors (Lipinski definition) is 4. The Morgan fingerprint density at radius 1 is 1.33 bits per heavy atom. The lowest BCUT2D eigenvalue weighted by molar-refractivity contribution is 0.0709. The van der Waals surface area contributed by atoms with E-state index in [2.05, 4.69) is 16.8 Å². The molecule has 2 heterocycles. The molecular weight excluding hydrogens is 306 g/mol. The molecule has 1 aromatic carbocycles. The van der Waals surface area contributed by atoms with E-state index in [1.165, 1.54) is 18.3 Å². The lowest BCUT2D eigenvalue weighted by Crippen LogP contribution is -2.46. The second-order valence-corrected chi connectivity index (χ2v) is 5.87. The first-order valence-electron chi connectivity index (χ1n) is 8.03. The van der Waals surface area contributed by atoms with Crippen LogP contribution in [0.2, 0.25) is 0 Å². The highest BCUT2D eigenvalue weighted by Gasteiger charge is 2.26. The van der Waals surface area contributed by atoms with Crippen LogP contribution in [0.15, 0.2) is 47.4 Å². The number of ether oxygens (including phenoxy) is 1. The molecule has 0 saturated carbocycles. The number of likely N-dealkylation sites (N-methyl/N-ethyl adjacent to an activating group) is 2. The van der Waals surface area contributed by atoms with Gasteiger partial charge in [-0.05, 0) is 25.1 Å². The third kappa shape index (κ3) is 3.27. The average Bonchev–Trinajstić information content (AvgIpc) is 2.61. The minimum Gasteiger partial charge on any atom is -0.485 e. The third-order valence-electron chi connectivity index (χ3n) is 4.16. The molecule has 1 aliphatic rings. The molecule has 0 saturated heterocycles.